The lowest BCUT2D eigenvalue weighted by molar-refractivity contribution is -0.131. The molecular weight excluding hydrogens is 430 g/mol. The van der Waals surface area contributed by atoms with Gasteiger partial charge in [0.15, 0.2) is 5.82 Å². The highest BCUT2D eigenvalue weighted by molar-refractivity contribution is 9.10. The number of nitrogens with zero attached hydrogens (tertiary/aromatic N) is 3. The van der Waals surface area contributed by atoms with Gasteiger partial charge >= 0.3 is 5.97 Å². The Kier molecular flexibility index (Phi) is 4.59. The second kappa shape index (κ2) is 7.05. The van der Waals surface area contributed by atoms with Crippen LogP contribution in [0.1, 0.15) is 12.5 Å². The van der Waals surface area contributed by atoms with Crippen molar-refractivity contribution in [2.75, 3.05) is 0 Å². The maximum Gasteiger partial charge on any atom is 0.308 e. The van der Waals surface area contributed by atoms with Crippen LogP contribution in [0.5, 0.6) is 5.75 Å². The van der Waals surface area contributed by atoms with Gasteiger partial charge in [0.2, 0.25) is 4.96 Å². The van der Waals surface area contributed by atoms with Crippen LogP contribution in [0.3, 0.4) is 0 Å². The molecule has 0 amide bonds. The highest BCUT2D eigenvalue weighted by Crippen LogP contribution is 2.19. The van der Waals surface area contributed by atoms with Crippen molar-refractivity contribution in [3.63, 3.8) is 0 Å². The largest absolute Gasteiger partial charge is 0.427 e. The maximum absolute atomic E-state index is 12.6. The quantitative estimate of drug-likeness (QED) is 0.360. The Morgan fingerprint density at radius 3 is 2.48 bits per heavy atom. The summed E-state index contributed by atoms with van der Waals surface area (Å²) >= 11 is 4.67. The number of hydrogen-bond donors (Lipinski definition) is 0. The summed E-state index contributed by atoms with van der Waals surface area (Å²) in [5.74, 6) is 0.604. The van der Waals surface area contributed by atoms with Gasteiger partial charge in [-0.3, -0.25) is 9.59 Å². The van der Waals surface area contributed by atoms with Crippen molar-refractivity contribution in [1.82, 2.24) is 14.6 Å². The van der Waals surface area contributed by atoms with Crippen molar-refractivity contribution in [2.24, 2.45) is 0 Å². The minimum Gasteiger partial charge on any atom is -0.427 e. The molecule has 0 aliphatic rings. The number of hydrogen-bond acceptors (Lipinski definition) is 6. The van der Waals surface area contributed by atoms with Gasteiger partial charge in [0.25, 0.3) is 5.56 Å². The second-order valence-corrected chi connectivity index (χ2v) is 7.64. The Bertz CT molecular complexity index is 1240. The van der Waals surface area contributed by atoms with Crippen LogP contribution in [0.2, 0.25) is 0 Å². The lowest BCUT2D eigenvalue weighted by Crippen LogP contribution is -2.23. The molecule has 0 bridgehead atoms. The van der Waals surface area contributed by atoms with E-state index in [-0.39, 0.29) is 11.5 Å². The van der Waals surface area contributed by atoms with Gasteiger partial charge < -0.3 is 4.74 Å². The number of thiazole rings is 1. The molecule has 0 spiro atoms. The average molecular weight is 442 g/mol. The van der Waals surface area contributed by atoms with Crippen LogP contribution in [-0.4, -0.2) is 20.6 Å². The van der Waals surface area contributed by atoms with E-state index in [1.165, 1.54) is 22.8 Å². The Morgan fingerprint density at radius 1 is 1.15 bits per heavy atom. The summed E-state index contributed by atoms with van der Waals surface area (Å²) in [5, 5.41) is 4.33. The molecule has 134 valence electrons. The van der Waals surface area contributed by atoms with E-state index in [9.17, 15) is 9.59 Å². The third-order valence-electron chi connectivity index (χ3n) is 3.72. The third-order valence-corrected chi connectivity index (χ3v) is 5.21. The molecule has 0 saturated heterocycles. The van der Waals surface area contributed by atoms with E-state index >= 15 is 0 Å². The van der Waals surface area contributed by atoms with Crippen molar-refractivity contribution in [3.8, 4) is 17.1 Å². The Labute approximate surface area is 165 Å². The minimum atomic E-state index is -0.374. The third kappa shape index (κ3) is 3.67. The standard InChI is InChI=1S/C19H12BrN3O3S/c1-11(24)26-15-8-2-12(3-9-15)10-16-18(25)23-19(27-16)21-17(22-23)13-4-6-14(20)7-5-13/h2-10H,1H3. The smallest absolute Gasteiger partial charge is 0.308 e. The van der Waals surface area contributed by atoms with E-state index in [2.05, 4.69) is 26.0 Å². The first-order valence-corrected chi connectivity index (χ1v) is 9.56. The van der Waals surface area contributed by atoms with E-state index in [1.807, 2.05) is 24.3 Å². The van der Waals surface area contributed by atoms with Crippen LogP contribution in [0, 0.1) is 0 Å². The average Bonchev–Trinajstić information content (AvgIpc) is 3.17. The lowest BCUT2D eigenvalue weighted by Gasteiger charge is -2.00. The summed E-state index contributed by atoms with van der Waals surface area (Å²) in [6, 6.07) is 14.5. The molecule has 27 heavy (non-hydrogen) atoms. The molecule has 0 aliphatic heterocycles. The minimum absolute atomic E-state index is 0.213. The van der Waals surface area contributed by atoms with Crippen molar-refractivity contribution >= 4 is 44.3 Å². The van der Waals surface area contributed by atoms with Gasteiger partial charge in [-0.05, 0) is 35.9 Å². The summed E-state index contributed by atoms with van der Waals surface area (Å²) in [4.78, 5) is 28.6. The number of rotatable bonds is 3. The first kappa shape index (κ1) is 17.6. The van der Waals surface area contributed by atoms with Gasteiger partial charge in [-0.25, -0.2) is 0 Å². The molecule has 0 unspecified atom stereocenters. The Morgan fingerprint density at radius 2 is 1.85 bits per heavy atom. The normalized spacial score (nSPS) is 11.9. The zero-order valence-electron chi connectivity index (χ0n) is 14.0. The van der Waals surface area contributed by atoms with Gasteiger partial charge in [-0.15, -0.1) is 5.10 Å². The van der Waals surface area contributed by atoms with Crippen molar-refractivity contribution in [2.45, 2.75) is 6.92 Å². The van der Waals surface area contributed by atoms with E-state index in [1.54, 1.807) is 30.3 Å². The number of halogens is 1. The van der Waals surface area contributed by atoms with Crippen LogP contribution in [0.4, 0.5) is 0 Å². The highest BCUT2D eigenvalue weighted by Gasteiger charge is 2.12. The molecule has 6 nitrogen and oxygen atoms in total. The van der Waals surface area contributed by atoms with Crippen molar-refractivity contribution in [3.05, 3.63) is 73.5 Å². The number of aromatic nitrogens is 3. The molecule has 2 aromatic heterocycles. The van der Waals surface area contributed by atoms with E-state index in [0.29, 0.717) is 21.1 Å². The fraction of sp³-hybridized carbons (Fsp3) is 0.0526. The number of benzene rings is 2. The molecule has 2 heterocycles. The zero-order chi connectivity index (χ0) is 19.0. The first-order chi connectivity index (χ1) is 13.0. The summed E-state index contributed by atoms with van der Waals surface area (Å²) in [6.45, 7) is 1.35. The van der Waals surface area contributed by atoms with E-state index < -0.39 is 0 Å². The topological polar surface area (TPSA) is 73.6 Å². The Balaban J connectivity index is 1.69. The lowest BCUT2D eigenvalue weighted by atomic mass is 10.2. The highest BCUT2D eigenvalue weighted by atomic mass is 79.9. The molecule has 2 aromatic carbocycles. The SMILES string of the molecule is CC(=O)Oc1ccc(C=c2sc3nc(-c4ccc(Br)cc4)nn3c2=O)cc1. The van der Waals surface area contributed by atoms with Gasteiger partial charge in [-0.1, -0.05) is 51.5 Å². The predicted octanol–water partition coefficient (Wildman–Crippen LogP) is 3.05. The van der Waals surface area contributed by atoms with Crippen LogP contribution < -0.4 is 14.8 Å². The van der Waals surface area contributed by atoms with Gasteiger partial charge in [0.05, 0.1) is 4.53 Å². The van der Waals surface area contributed by atoms with E-state index in [4.69, 9.17) is 4.74 Å². The van der Waals surface area contributed by atoms with Crippen molar-refractivity contribution < 1.29 is 9.53 Å². The molecule has 0 atom stereocenters. The van der Waals surface area contributed by atoms with Crippen LogP contribution in [-0.2, 0) is 4.79 Å². The molecule has 4 rings (SSSR count). The molecule has 0 saturated carbocycles. The van der Waals surface area contributed by atoms with Gasteiger partial charge in [0, 0.05) is 17.0 Å². The summed E-state index contributed by atoms with van der Waals surface area (Å²) in [6.07, 6.45) is 1.76. The number of esters is 1. The monoisotopic (exact) mass is 441 g/mol. The van der Waals surface area contributed by atoms with Crippen LogP contribution >= 0.6 is 27.3 Å². The van der Waals surface area contributed by atoms with Gasteiger partial charge in [-0.2, -0.15) is 9.50 Å². The van der Waals surface area contributed by atoms with E-state index in [0.717, 1.165) is 15.6 Å². The van der Waals surface area contributed by atoms with Crippen LogP contribution in [0.15, 0.2) is 57.8 Å². The fourth-order valence-electron chi connectivity index (χ4n) is 2.50. The van der Waals surface area contributed by atoms with Crippen molar-refractivity contribution in [1.29, 1.82) is 0 Å². The molecule has 0 radical (unpaired) electrons. The number of carbonyl (C=O) groups excluding carboxylic acids is 1. The number of ether oxygens (including phenoxy) is 1. The number of carbonyl (C=O) groups is 1. The molecule has 0 aliphatic carbocycles. The molecule has 0 fully saturated rings. The molecule has 0 N–H and O–H groups in total. The summed E-state index contributed by atoms with van der Waals surface area (Å²) in [5.41, 5.74) is 1.45. The number of fused-ring (bicyclic) bond motifs is 1. The van der Waals surface area contributed by atoms with Gasteiger partial charge in [0.1, 0.15) is 5.75 Å². The summed E-state index contributed by atoms with van der Waals surface area (Å²) < 4.78 is 7.82. The first-order valence-electron chi connectivity index (χ1n) is 7.95. The second-order valence-electron chi connectivity index (χ2n) is 5.72. The van der Waals surface area contributed by atoms with Crippen LogP contribution in [0.25, 0.3) is 22.4 Å². The predicted molar refractivity (Wildman–Crippen MR) is 107 cm³/mol. The molecule has 4 aromatic rings. The fourth-order valence-corrected chi connectivity index (χ4v) is 3.68. The Hall–Kier alpha value is -2.84. The summed E-state index contributed by atoms with van der Waals surface area (Å²) in [7, 11) is 0. The molecule has 8 heteroatoms. The maximum atomic E-state index is 12.6. The molecular formula is C19H12BrN3O3S. The zero-order valence-corrected chi connectivity index (χ0v) is 16.5.